The van der Waals surface area contributed by atoms with E-state index in [1.165, 1.54) is 0 Å². The zero-order chi connectivity index (χ0) is 21.0. The third-order valence-corrected chi connectivity index (χ3v) is 4.98. The van der Waals surface area contributed by atoms with Crippen molar-refractivity contribution in [3.63, 3.8) is 0 Å². The van der Waals surface area contributed by atoms with Gasteiger partial charge in [-0.1, -0.05) is 20.3 Å². The lowest BCUT2D eigenvalue weighted by atomic mass is 10.00. The summed E-state index contributed by atoms with van der Waals surface area (Å²) in [4.78, 5) is 12.1. The minimum atomic E-state index is -4.88. The van der Waals surface area contributed by atoms with Gasteiger partial charge in [0.15, 0.2) is 0 Å². The Labute approximate surface area is 157 Å². The average Bonchev–Trinajstić information content (AvgIpc) is 2.49. The molecule has 1 aromatic rings. The highest BCUT2D eigenvalue weighted by atomic mass is 32.2. The zero-order valence-corrected chi connectivity index (χ0v) is 16.6. The molecule has 0 fully saturated rings. The van der Waals surface area contributed by atoms with Crippen LogP contribution in [0.2, 0.25) is 0 Å². The van der Waals surface area contributed by atoms with Crippen LogP contribution in [0.4, 0.5) is 13.2 Å². The van der Waals surface area contributed by atoms with Crippen molar-refractivity contribution in [1.82, 2.24) is 4.72 Å². The molecule has 2 unspecified atom stereocenters. The highest BCUT2D eigenvalue weighted by molar-refractivity contribution is 7.89. The molecule has 2 atom stereocenters. The molecule has 0 saturated heterocycles. The molecular formula is C17H24F3NO5S. The first-order chi connectivity index (χ1) is 12.1. The van der Waals surface area contributed by atoms with Crippen molar-refractivity contribution in [2.45, 2.75) is 63.9 Å². The quantitative estimate of drug-likeness (QED) is 0.693. The van der Waals surface area contributed by atoms with Crippen LogP contribution in [-0.2, 0) is 19.6 Å². The van der Waals surface area contributed by atoms with Crippen LogP contribution in [-0.4, -0.2) is 32.4 Å². The predicted octanol–water partition coefficient (Wildman–Crippen LogP) is 3.62. The Kier molecular flexibility index (Phi) is 7.29. The van der Waals surface area contributed by atoms with Gasteiger partial charge in [0.1, 0.15) is 17.4 Å². The molecule has 0 saturated carbocycles. The Morgan fingerprint density at radius 3 is 2.07 bits per heavy atom. The summed E-state index contributed by atoms with van der Waals surface area (Å²) >= 11 is 0. The number of rotatable bonds is 7. The van der Waals surface area contributed by atoms with Crippen molar-refractivity contribution in [2.75, 3.05) is 0 Å². The molecule has 0 aliphatic carbocycles. The molecule has 0 radical (unpaired) electrons. The highest BCUT2D eigenvalue weighted by Gasteiger charge is 2.34. The summed E-state index contributed by atoms with van der Waals surface area (Å²) in [5, 5.41) is 0. The predicted molar refractivity (Wildman–Crippen MR) is 92.5 cm³/mol. The molecule has 0 aliphatic rings. The number of carbonyl (C=O) groups is 1. The monoisotopic (exact) mass is 411 g/mol. The van der Waals surface area contributed by atoms with Crippen LogP contribution < -0.4 is 9.46 Å². The fourth-order valence-electron chi connectivity index (χ4n) is 2.05. The van der Waals surface area contributed by atoms with E-state index in [9.17, 15) is 26.4 Å². The van der Waals surface area contributed by atoms with Gasteiger partial charge < -0.3 is 9.47 Å². The van der Waals surface area contributed by atoms with E-state index >= 15 is 0 Å². The minimum Gasteiger partial charge on any atom is -0.459 e. The molecule has 0 spiro atoms. The van der Waals surface area contributed by atoms with E-state index in [0.29, 0.717) is 6.42 Å². The molecule has 1 rings (SSSR count). The summed E-state index contributed by atoms with van der Waals surface area (Å²) in [5.74, 6) is -1.63. The van der Waals surface area contributed by atoms with E-state index < -0.39 is 39.7 Å². The fraction of sp³-hybridized carbons (Fsp3) is 0.588. The second kappa shape index (κ2) is 8.47. The van der Waals surface area contributed by atoms with E-state index in [-0.39, 0.29) is 10.8 Å². The molecule has 0 amide bonds. The Hall–Kier alpha value is -1.81. The van der Waals surface area contributed by atoms with Gasteiger partial charge in [0, 0.05) is 0 Å². The van der Waals surface area contributed by atoms with E-state index in [1.807, 2.05) is 0 Å². The van der Waals surface area contributed by atoms with Crippen LogP contribution in [0.15, 0.2) is 29.2 Å². The lowest BCUT2D eigenvalue weighted by Crippen LogP contribution is -2.47. The van der Waals surface area contributed by atoms with Gasteiger partial charge in [0.05, 0.1) is 4.90 Å². The Morgan fingerprint density at radius 2 is 1.67 bits per heavy atom. The maximum absolute atomic E-state index is 12.5. The van der Waals surface area contributed by atoms with Crippen molar-refractivity contribution < 1.29 is 35.9 Å². The maximum atomic E-state index is 12.5. The first kappa shape index (κ1) is 23.2. The lowest BCUT2D eigenvalue weighted by Gasteiger charge is -2.27. The zero-order valence-electron chi connectivity index (χ0n) is 15.8. The topological polar surface area (TPSA) is 81.7 Å². The summed E-state index contributed by atoms with van der Waals surface area (Å²) in [5.41, 5.74) is -0.801. The molecule has 6 nitrogen and oxygen atoms in total. The molecule has 154 valence electrons. The first-order valence-corrected chi connectivity index (χ1v) is 9.74. The maximum Gasteiger partial charge on any atom is 0.573 e. The van der Waals surface area contributed by atoms with Gasteiger partial charge in [0.25, 0.3) is 0 Å². The average molecular weight is 411 g/mol. The third-order valence-electron chi connectivity index (χ3n) is 3.52. The molecular weight excluding hydrogens is 387 g/mol. The molecule has 0 bridgehead atoms. The fourth-order valence-corrected chi connectivity index (χ4v) is 3.35. The van der Waals surface area contributed by atoms with Crippen molar-refractivity contribution in [1.29, 1.82) is 0 Å². The van der Waals surface area contributed by atoms with E-state index in [4.69, 9.17) is 4.74 Å². The van der Waals surface area contributed by atoms with E-state index in [1.54, 1.807) is 34.6 Å². The van der Waals surface area contributed by atoms with Gasteiger partial charge >= 0.3 is 12.3 Å². The summed E-state index contributed by atoms with van der Waals surface area (Å²) in [6.07, 6.45) is -4.37. The van der Waals surface area contributed by atoms with Crippen molar-refractivity contribution in [3.8, 4) is 5.75 Å². The lowest BCUT2D eigenvalue weighted by molar-refractivity contribution is -0.274. The van der Waals surface area contributed by atoms with Gasteiger partial charge in [-0.25, -0.2) is 8.42 Å². The standard InChI is InChI=1S/C17H24F3NO5S/c1-6-11(2)14(15(22)26-16(3,4)5)21-27(23,24)13-9-7-12(8-10-13)25-17(18,19)20/h7-11,14,21H,6H2,1-5H3. The number of alkyl halides is 3. The third kappa shape index (κ3) is 7.76. The molecule has 10 heteroatoms. The second-order valence-electron chi connectivity index (χ2n) is 7.04. The van der Waals surface area contributed by atoms with Gasteiger partial charge in [0.2, 0.25) is 10.0 Å². The number of benzene rings is 1. The number of carbonyl (C=O) groups excluding carboxylic acids is 1. The summed E-state index contributed by atoms with van der Waals surface area (Å²) in [7, 11) is -4.16. The normalized spacial score (nSPS) is 15.1. The van der Waals surface area contributed by atoms with Gasteiger partial charge in [-0.05, 0) is 51.0 Å². The Morgan fingerprint density at radius 1 is 1.15 bits per heavy atom. The largest absolute Gasteiger partial charge is 0.573 e. The summed E-state index contributed by atoms with van der Waals surface area (Å²) in [6, 6.07) is 2.56. The highest BCUT2D eigenvalue weighted by Crippen LogP contribution is 2.24. The van der Waals surface area contributed by atoms with Gasteiger partial charge in [-0.15, -0.1) is 13.2 Å². The van der Waals surface area contributed by atoms with Crippen molar-refractivity contribution >= 4 is 16.0 Å². The minimum absolute atomic E-state index is 0.297. The first-order valence-electron chi connectivity index (χ1n) is 8.25. The summed E-state index contributed by atoms with van der Waals surface area (Å²) in [6.45, 7) is 8.46. The van der Waals surface area contributed by atoms with Crippen LogP contribution >= 0.6 is 0 Å². The molecule has 0 aliphatic heterocycles. The molecule has 0 aromatic heterocycles. The van der Waals surface area contributed by atoms with Crippen LogP contribution in [0.5, 0.6) is 5.75 Å². The van der Waals surface area contributed by atoms with Crippen LogP contribution in [0.25, 0.3) is 0 Å². The Bertz CT molecular complexity index is 739. The van der Waals surface area contributed by atoms with Crippen molar-refractivity contribution in [3.05, 3.63) is 24.3 Å². The second-order valence-corrected chi connectivity index (χ2v) is 8.75. The van der Waals surface area contributed by atoms with Crippen LogP contribution in [0.1, 0.15) is 41.0 Å². The van der Waals surface area contributed by atoms with Crippen LogP contribution in [0.3, 0.4) is 0 Å². The number of sulfonamides is 1. The smallest absolute Gasteiger partial charge is 0.459 e. The van der Waals surface area contributed by atoms with Crippen molar-refractivity contribution in [2.24, 2.45) is 5.92 Å². The number of halogens is 3. The van der Waals surface area contributed by atoms with Gasteiger partial charge in [-0.3, -0.25) is 4.79 Å². The van der Waals surface area contributed by atoms with Crippen LogP contribution in [0, 0.1) is 5.92 Å². The Balaban J connectivity index is 3.04. The van der Waals surface area contributed by atoms with E-state index in [0.717, 1.165) is 24.3 Å². The number of nitrogens with one attached hydrogen (secondary N) is 1. The number of ether oxygens (including phenoxy) is 2. The van der Waals surface area contributed by atoms with E-state index in [2.05, 4.69) is 9.46 Å². The summed E-state index contributed by atoms with van der Waals surface area (Å²) < 4.78 is 72.9. The van der Waals surface area contributed by atoms with Gasteiger partial charge in [-0.2, -0.15) is 4.72 Å². The molecule has 27 heavy (non-hydrogen) atoms. The molecule has 0 heterocycles. The number of esters is 1. The molecule has 1 aromatic carbocycles. The number of hydrogen-bond donors (Lipinski definition) is 1. The SMILES string of the molecule is CCC(C)C(NS(=O)(=O)c1ccc(OC(F)(F)F)cc1)C(=O)OC(C)(C)C. The molecule has 1 N–H and O–H groups in total. The number of hydrogen-bond acceptors (Lipinski definition) is 5.